The van der Waals surface area contributed by atoms with E-state index in [-0.39, 0.29) is 10.6 Å². The Bertz CT molecular complexity index is 924. The molecule has 0 heterocycles. The fourth-order valence-corrected chi connectivity index (χ4v) is 4.11. The van der Waals surface area contributed by atoms with E-state index < -0.39 is 22.5 Å². The number of sulfonamides is 1. The minimum atomic E-state index is -4.07. The van der Waals surface area contributed by atoms with Gasteiger partial charge in [-0.05, 0) is 49.2 Å². The van der Waals surface area contributed by atoms with Gasteiger partial charge in [0.05, 0.1) is 24.8 Å². The third-order valence-corrected chi connectivity index (χ3v) is 5.66. The van der Waals surface area contributed by atoms with Gasteiger partial charge >= 0.3 is 0 Å². The molecule has 0 bridgehead atoms. The number of nitrogens with zero attached hydrogens (tertiary/aromatic N) is 1. The number of methoxy groups -OCH3 is 2. The number of amides is 1. The van der Waals surface area contributed by atoms with Gasteiger partial charge in [-0.2, -0.15) is 0 Å². The molecule has 2 rings (SSSR count). The summed E-state index contributed by atoms with van der Waals surface area (Å²) in [4.78, 5) is 11.8. The zero-order valence-electron chi connectivity index (χ0n) is 15.6. The van der Waals surface area contributed by atoms with Crippen LogP contribution in [0.1, 0.15) is 11.1 Å². The molecule has 0 spiro atoms. The van der Waals surface area contributed by atoms with Gasteiger partial charge in [-0.25, -0.2) is 14.3 Å². The van der Waals surface area contributed by atoms with Crippen molar-refractivity contribution >= 4 is 21.6 Å². The highest BCUT2D eigenvalue weighted by atomic mass is 32.2. The van der Waals surface area contributed by atoms with Crippen LogP contribution in [-0.2, 0) is 14.8 Å². The second-order valence-electron chi connectivity index (χ2n) is 5.94. The van der Waals surface area contributed by atoms with E-state index in [1.807, 2.05) is 25.3 Å². The molecule has 146 valence electrons. The van der Waals surface area contributed by atoms with Crippen molar-refractivity contribution in [3.63, 3.8) is 0 Å². The van der Waals surface area contributed by atoms with Crippen molar-refractivity contribution in [2.24, 2.45) is 5.84 Å². The highest BCUT2D eigenvalue weighted by Crippen LogP contribution is 2.32. The van der Waals surface area contributed by atoms with E-state index in [1.165, 1.54) is 32.4 Å². The number of carbonyl (C=O) groups excluding carboxylic acids is 1. The van der Waals surface area contributed by atoms with Crippen LogP contribution in [0.2, 0.25) is 0 Å². The normalized spacial score (nSPS) is 11.0. The molecular weight excluding hydrogens is 370 g/mol. The molecule has 0 atom stereocenters. The zero-order chi connectivity index (χ0) is 20.2. The lowest BCUT2D eigenvalue weighted by Crippen LogP contribution is -2.43. The van der Waals surface area contributed by atoms with Crippen LogP contribution in [0.15, 0.2) is 41.3 Å². The number of rotatable bonds is 7. The first-order chi connectivity index (χ1) is 12.7. The maximum Gasteiger partial charge on any atom is 0.264 e. The van der Waals surface area contributed by atoms with Gasteiger partial charge < -0.3 is 9.47 Å². The summed E-state index contributed by atoms with van der Waals surface area (Å²) in [7, 11) is -1.20. The number of hydrogen-bond donors (Lipinski definition) is 2. The average Bonchev–Trinajstić information content (AvgIpc) is 2.64. The van der Waals surface area contributed by atoms with Crippen molar-refractivity contribution in [3.8, 4) is 11.5 Å². The van der Waals surface area contributed by atoms with Crippen molar-refractivity contribution < 1.29 is 22.7 Å². The van der Waals surface area contributed by atoms with Crippen molar-refractivity contribution in [1.29, 1.82) is 0 Å². The molecule has 8 nitrogen and oxygen atoms in total. The summed E-state index contributed by atoms with van der Waals surface area (Å²) < 4.78 is 37.9. The fourth-order valence-electron chi connectivity index (χ4n) is 2.69. The molecule has 0 radical (unpaired) electrons. The number of anilines is 1. The molecule has 2 aromatic carbocycles. The first-order valence-corrected chi connectivity index (χ1v) is 9.49. The Kier molecular flexibility index (Phi) is 6.29. The number of carbonyl (C=O) groups is 1. The third kappa shape index (κ3) is 4.50. The van der Waals surface area contributed by atoms with Crippen LogP contribution >= 0.6 is 0 Å². The van der Waals surface area contributed by atoms with Gasteiger partial charge in [0.2, 0.25) is 0 Å². The van der Waals surface area contributed by atoms with Gasteiger partial charge in [0.25, 0.3) is 15.9 Å². The molecule has 0 saturated heterocycles. The topological polar surface area (TPSA) is 111 Å². The van der Waals surface area contributed by atoms with Crippen LogP contribution in [0.25, 0.3) is 0 Å². The van der Waals surface area contributed by atoms with Crippen LogP contribution in [0.5, 0.6) is 11.5 Å². The summed E-state index contributed by atoms with van der Waals surface area (Å²) in [5, 5.41) is 0. The van der Waals surface area contributed by atoms with Gasteiger partial charge in [-0.3, -0.25) is 14.5 Å². The molecule has 0 aliphatic heterocycles. The van der Waals surface area contributed by atoms with Crippen LogP contribution < -0.4 is 25.0 Å². The monoisotopic (exact) mass is 393 g/mol. The van der Waals surface area contributed by atoms with Crippen LogP contribution in [0.3, 0.4) is 0 Å². The summed E-state index contributed by atoms with van der Waals surface area (Å²) >= 11 is 0. The number of nitrogens with two attached hydrogens (primary N) is 1. The first kappa shape index (κ1) is 20.5. The molecule has 3 N–H and O–H groups in total. The quantitative estimate of drug-likeness (QED) is 0.419. The third-order valence-electron chi connectivity index (χ3n) is 3.89. The van der Waals surface area contributed by atoms with E-state index >= 15 is 0 Å². The first-order valence-electron chi connectivity index (χ1n) is 8.05. The predicted octanol–water partition coefficient (Wildman–Crippen LogP) is 1.51. The number of benzene rings is 2. The Morgan fingerprint density at radius 3 is 2.15 bits per heavy atom. The lowest BCUT2D eigenvalue weighted by atomic mass is 10.1. The van der Waals surface area contributed by atoms with E-state index in [2.05, 4.69) is 0 Å². The molecule has 0 unspecified atom stereocenters. The van der Waals surface area contributed by atoms with Crippen LogP contribution in [0.4, 0.5) is 5.69 Å². The summed E-state index contributed by atoms with van der Waals surface area (Å²) in [5.41, 5.74) is 4.07. The largest absolute Gasteiger partial charge is 0.493 e. The lowest BCUT2D eigenvalue weighted by molar-refractivity contribution is -0.119. The minimum Gasteiger partial charge on any atom is -0.493 e. The fraction of sp³-hybridized carbons (Fsp3) is 0.278. The Labute approximate surface area is 158 Å². The van der Waals surface area contributed by atoms with Gasteiger partial charge in [-0.15, -0.1) is 0 Å². The Morgan fingerprint density at radius 1 is 1.04 bits per heavy atom. The second kappa shape index (κ2) is 8.28. The second-order valence-corrected chi connectivity index (χ2v) is 7.80. The summed E-state index contributed by atoms with van der Waals surface area (Å²) in [5.74, 6) is 5.19. The number of nitrogens with one attached hydrogen (secondary N) is 1. The summed E-state index contributed by atoms with van der Waals surface area (Å²) in [6.07, 6.45) is 0. The highest BCUT2D eigenvalue weighted by molar-refractivity contribution is 7.92. The standard InChI is InChI=1S/C18H23N3O5S/c1-12-7-13(2)9-14(8-12)21(11-18(22)20-19)27(23,24)15-5-6-16(25-3)17(10-15)26-4/h5-10H,11,19H2,1-4H3,(H,20,22). The number of hydrazine groups is 1. The van der Waals surface area contributed by atoms with Crippen molar-refractivity contribution in [2.75, 3.05) is 25.1 Å². The van der Waals surface area contributed by atoms with E-state index in [1.54, 1.807) is 12.1 Å². The van der Waals surface area contributed by atoms with Crippen molar-refractivity contribution in [2.45, 2.75) is 18.7 Å². The molecule has 27 heavy (non-hydrogen) atoms. The van der Waals surface area contributed by atoms with Crippen molar-refractivity contribution in [1.82, 2.24) is 5.43 Å². The minimum absolute atomic E-state index is 0.0378. The van der Waals surface area contributed by atoms with Gasteiger partial charge in [0.1, 0.15) is 6.54 Å². The van der Waals surface area contributed by atoms with Gasteiger partial charge in [0, 0.05) is 6.07 Å². The van der Waals surface area contributed by atoms with Gasteiger partial charge in [0.15, 0.2) is 11.5 Å². The smallest absolute Gasteiger partial charge is 0.264 e. The van der Waals surface area contributed by atoms with E-state index in [4.69, 9.17) is 15.3 Å². The number of hydrogen-bond acceptors (Lipinski definition) is 6. The number of aryl methyl sites for hydroxylation is 2. The molecular formula is C18H23N3O5S. The Hall–Kier alpha value is -2.78. The van der Waals surface area contributed by atoms with Crippen LogP contribution in [-0.4, -0.2) is 35.1 Å². The molecule has 2 aromatic rings. The molecule has 1 amide bonds. The predicted molar refractivity (Wildman–Crippen MR) is 102 cm³/mol. The zero-order valence-corrected chi connectivity index (χ0v) is 16.5. The Morgan fingerprint density at radius 2 is 1.63 bits per heavy atom. The van der Waals surface area contributed by atoms with Crippen LogP contribution in [0, 0.1) is 13.8 Å². The molecule has 0 aromatic heterocycles. The maximum atomic E-state index is 13.3. The van der Waals surface area contributed by atoms with Crippen molar-refractivity contribution in [3.05, 3.63) is 47.5 Å². The van der Waals surface area contributed by atoms with E-state index in [9.17, 15) is 13.2 Å². The highest BCUT2D eigenvalue weighted by Gasteiger charge is 2.28. The Balaban J connectivity index is 2.61. The SMILES string of the molecule is COc1ccc(S(=O)(=O)N(CC(=O)NN)c2cc(C)cc(C)c2)cc1OC. The molecule has 0 aliphatic rings. The molecule has 0 aliphatic carbocycles. The van der Waals surface area contributed by atoms with Gasteiger partial charge in [-0.1, -0.05) is 6.07 Å². The van der Waals surface area contributed by atoms with E-state index in [0.29, 0.717) is 11.4 Å². The number of ether oxygens (including phenoxy) is 2. The lowest BCUT2D eigenvalue weighted by Gasteiger charge is -2.25. The molecule has 9 heteroatoms. The summed E-state index contributed by atoms with van der Waals surface area (Å²) in [6.45, 7) is 3.23. The summed E-state index contributed by atoms with van der Waals surface area (Å²) in [6, 6.07) is 9.53. The molecule has 0 fully saturated rings. The van der Waals surface area contributed by atoms with E-state index in [0.717, 1.165) is 15.4 Å². The maximum absolute atomic E-state index is 13.3. The molecule has 0 saturated carbocycles. The average molecular weight is 393 g/mol.